The van der Waals surface area contributed by atoms with Crippen molar-refractivity contribution in [2.75, 3.05) is 5.75 Å². The zero-order valence-electron chi connectivity index (χ0n) is 12.0. The molecular formula is C18H16N2OS. The lowest BCUT2D eigenvalue weighted by Crippen LogP contribution is -2.09. The van der Waals surface area contributed by atoms with Crippen molar-refractivity contribution in [2.45, 2.75) is 17.4 Å². The van der Waals surface area contributed by atoms with E-state index in [2.05, 4.69) is 58.3 Å². The fourth-order valence-electron chi connectivity index (χ4n) is 3.23. The quantitative estimate of drug-likeness (QED) is 0.424. The molecule has 4 heteroatoms. The maximum atomic E-state index is 9.00. The van der Waals surface area contributed by atoms with Crippen molar-refractivity contribution >= 4 is 28.9 Å². The number of nitrogens with zero attached hydrogens (tertiary/aromatic N) is 2. The van der Waals surface area contributed by atoms with Crippen LogP contribution >= 0.6 is 11.8 Å². The third-order valence-corrected chi connectivity index (χ3v) is 5.28. The molecule has 1 aliphatic rings. The van der Waals surface area contributed by atoms with Gasteiger partial charge in [0, 0.05) is 28.3 Å². The van der Waals surface area contributed by atoms with Crippen LogP contribution in [-0.4, -0.2) is 21.7 Å². The molecule has 1 unspecified atom stereocenters. The van der Waals surface area contributed by atoms with Crippen LogP contribution < -0.4 is 0 Å². The lowest BCUT2D eigenvalue weighted by molar-refractivity contribution is 0.319. The predicted octanol–water partition coefficient (Wildman–Crippen LogP) is 4.67. The molecule has 1 N–H and O–H groups in total. The van der Waals surface area contributed by atoms with Crippen LogP contribution in [0.1, 0.15) is 17.9 Å². The van der Waals surface area contributed by atoms with E-state index in [1.165, 1.54) is 27.2 Å². The highest BCUT2D eigenvalue weighted by atomic mass is 32.2. The molecule has 1 aliphatic heterocycles. The Kier molecular flexibility index (Phi) is 3.39. The minimum Gasteiger partial charge on any atom is -0.411 e. The average molecular weight is 308 g/mol. The number of hydrogen-bond donors (Lipinski definition) is 1. The van der Waals surface area contributed by atoms with Gasteiger partial charge in [0.1, 0.15) is 0 Å². The monoisotopic (exact) mass is 308 g/mol. The van der Waals surface area contributed by atoms with E-state index in [-0.39, 0.29) is 5.92 Å². The molecule has 3 aromatic rings. The Morgan fingerprint density at radius 1 is 1.09 bits per heavy atom. The zero-order chi connectivity index (χ0) is 14.9. The number of thioether (sulfide) groups is 1. The number of hydrogen-bond acceptors (Lipinski definition) is 3. The molecular weight excluding hydrogens is 292 g/mol. The second-order valence-electron chi connectivity index (χ2n) is 5.42. The highest BCUT2D eigenvalue weighted by Crippen LogP contribution is 2.44. The van der Waals surface area contributed by atoms with Gasteiger partial charge in [-0.1, -0.05) is 36.4 Å². The maximum absolute atomic E-state index is 9.00. The number of fused-ring (bicyclic) bond motifs is 3. The van der Waals surface area contributed by atoms with E-state index in [4.69, 9.17) is 5.21 Å². The Bertz CT molecular complexity index is 839. The van der Waals surface area contributed by atoms with Gasteiger partial charge in [0.25, 0.3) is 0 Å². The second-order valence-corrected chi connectivity index (χ2v) is 6.50. The van der Waals surface area contributed by atoms with Gasteiger partial charge >= 0.3 is 0 Å². The van der Waals surface area contributed by atoms with Gasteiger partial charge in [0.2, 0.25) is 0 Å². The summed E-state index contributed by atoms with van der Waals surface area (Å²) in [7, 11) is 0. The van der Waals surface area contributed by atoms with Crippen molar-refractivity contribution in [3.05, 3.63) is 60.2 Å². The van der Waals surface area contributed by atoms with Gasteiger partial charge in [-0.3, -0.25) is 0 Å². The molecule has 110 valence electrons. The fourth-order valence-corrected chi connectivity index (χ4v) is 4.55. The molecule has 0 amide bonds. The summed E-state index contributed by atoms with van der Waals surface area (Å²) >= 11 is 1.89. The Balaban J connectivity index is 2.06. The van der Waals surface area contributed by atoms with E-state index in [1.54, 1.807) is 6.21 Å². The molecule has 0 saturated carbocycles. The standard InChI is InChI=1S/C18H16N2OS/c21-19-12-13-10-11-22-18-17(13)15-8-4-5-9-16(15)20(18)14-6-2-1-3-7-14/h1-9,12-13,21H,10-11H2/b19-12-. The molecule has 0 aliphatic carbocycles. The van der Waals surface area contributed by atoms with Crippen LogP contribution in [0.2, 0.25) is 0 Å². The summed E-state index contributed by atoms with van der Waals surface area (Å²) in [5.41, 5.74) is 3.67. The molecule has 0 fully saturated rings. The molecule has 0 bridgehead atoms. The van der Waals surface area contributed by atoms with Crippen molar-refractivity contribution in [1.29, 1.82) is 0 Å². The third kappa shape index (κ3) is 2.03. The van der Waals surface area contributed by atoms with Gasteiger partial charge in [-0.15, -0.1) is 16.9 Å². The minimum absolute atomic E-state index is 0.177. The SMILES string of the molecule is O/N=C\C1CCSc2c1c1ccccc1n2-c1ccccc1. The number of rotatable bonds is 2. The molecule has 0 saturated heterocycles. The molecule has 1 atom stereocenters. The first-order chi connectivity index (χ1) is 10.9. The molecule has 3 nitrogen and oxygen atoms in total. The Morgan fingerprint density at radius 2 is 1.86 bits per heavy atom. The molecule has 2 heterocycles. The number of para-hydroxylation sites is 2. The largest absolute Gasteiger partial charge is 0.411 e. The van der Waals surface area contributed by atoms with Gasteiger partial charge in [0.05, 0.1) is 16.8 Å². The lowest BCUT2D eigenvalue weighted by atomic mass is 9.97. The van der Waals surface area contributed by atoms with Crippen LogP contribution in [0.15, 0.2) is 64.8 Å². The summed E-state index contributed by atoms with van der Waals surface area (Å²) in [6.45, 7) is 0. The maximum Gasteiger partial charge on any atom is 0.0844 e. The highest BCUT2D eigenvalue weighted by molar-refractivity contribution is 7.99. The first-order valence-corrected chi connectivity index (χ1v) is 8.38. The Labute approximate surface area is 133 Å². The Hall–Kier alpha value is -2.20. The second kappa shape index (κ2) is 5.54. The van der Waals surface area contributed by atoms with E-state index in [9.17, 15) is 0 Å². The van der Waals surface area contributed by atoms with Crippen LogP contribution in [0.25, 0.3) is 16.6 Å². The van der Waals surface area contributed by atoms with Crippen molar-refractivity contribution in [1.82, 2.24) is 4.57 Å². The number of oxime groups is 1. The van der Waals surface area contributed by atoms with Gasteiger partial charge in [-0.05, 0) is 24.6 Å². The molecule has 0 radical (unpaired) electrons. The summed E-state index contributed by atoms with van der Waals surface area (Å²) in [6, 6.07) is 18.9. The summed E-state index contributed by atoms with van der Waals surface area (Å²) in [5.74, 6) is 1.21. The Morgan fingerprint density at radius 3 is 2.68 bits per heavy atom. The van der Waals surface area contributed by atoms with Crippen molar-refractivity contribution in [2.24, 2.45) is 5.16 Å². The van der Waals surface area contributed by atoms with Crippen LogP contribution in [0.3, 0.4) is 0 Å². The predicted molar refractivity (Wildman–Crippen MR) is 91.6 cm³/mol. The van der Waals surface area contributed by atoms with Gasteiger partial charge in [-0.25, -0.2) is 0 Å². The van der Waals surface area contributed by atoms with E-state index in [0.717, 1.165) is 12.2 Å². The zero-order valence-corrected chi connectivity index (χ0v) is 12.8. The summed E-state index contributed by atoms with van der Waals surface area (Å²) in [6.07, 6.45) is 2.67. The first kappa shape index (κ1) is 13.5. The highest BCUT2D eigenvalue weighted by Gasteiger charge is 2.27. The molecule has 22 heavy (non-hydrogen) atoms. The van der Waals surface area contributed by atoms with Crippen LogP contribution in [0, 0.1) is 0 Å². The van der Waals surface area contributed by atoms with Crippen molar-refractivity contribution in [3.63, 3.8) is 0 Å². The lowest BCUT2D eigenvalue weighted by Gasteiger charge is -2.20. The van der Waals surface area contributed by atoms with Crippen LogP contribution in [0.4, 0.5) is 0 Å². The van der Waals surface area contributed by atoms with E-state index < -0.39 is 0 Å². The normalized spacial score (nSPS) is 17.9. The summed E-state index contributed by atoms with van der Waals surface area (Å²) in [4.78, 5) is 0. The van der Waals surface area contributed by atoms with E-state index in [0.29, 0.717) is 0 Å². The fraction of sp³-hybridized carbons (Fsp3) is 0.167. The third-order valence-electron chi connectivity index (χ3n) is 4.17. The summed E-state index contributed by atoms with van der Waals surface area (Å²) in [5, 5.41) is 14.8. The number of benzene rings is 2. The van der Waals surface area contributed by atoms with Crippen molar-refractivity contribution in [3.8, 4) is 5.69 Å². The van der Waals surface area contributed by atoms with Crippen LogP contribution in [-0.2, 0) is 0 Å². The number of aromatic nitrogens is 1. The van der Waals surface area contributed by atoms with Crippen LogP contribution in [0.5, 0.6) is 0 Å². The van der Waals surface area contributed by atoms with Gasteiger partial charge < -0.3 is 9.77 Å². The van der Waals surface area contributed by atoms with Gasteiger partial charge in [0.15, 0.2) is 0 Å². The van der Waals surface area contributed by atoms with Gasteiger partial charge in [-0.2, -0.15) is 0 Å². The molecule has 2 aromatic carbocycles. The van der Waals surface area contributed by atoms with E-state index in [1.807, 2.05) is 17.8 Å². The minimum atomic E-state index is 0.177. The summed E-state index contributed by atoms with van der Waals surface area (Å²) < 4.78 is 2.33. The van der Waals surface area contributed by atoms with Crippen molar-refractivity contribution < 1.29 is 5.21 Å². The molecule has 1 aromatic heterocycles. The average Bonchev–Trinajstić information content (AvgIpc) is 2.91. The first-order valence-electron chi connectivity index (χ1n) is 7.39. The van der Waals surface area contributed by atoms with E-state index >= 15 is 0 Å². The smallest absolute Gasteiger partial charge is 0.0844 e. The molecule has 4 rings (SSSR count). The molecule has 0 spiro atoms. The topological polar surface area (TPSA) is 37.5 Å².